The first-order chi connectivity index (χ1) is 9.66. The second-order valence-corrected chi connectivity index (χ2v) is 5.31. The van der Waals surface area contributed by atoms with E-state index in [1.165, 1.54) is 6.42 Å². The molecule has 0 saturated heterocycles. The van der Waals surface area contributed by atoms with Crippen LogP contribution in [0.3, 0.4) is 0 Å². The fourth-order valence-electron chi connectivity index (χ4n) is 2.56. The van der Waals surface area contributed by atoms with E-state index < -0.39 is 5.91 Å². The van der Waals surface area contributed by atoms with Crippen molar-refractivity contribution in [2.75, 3.05) is 0 Å². The fraction of sp³-hybridized carbons (Fsp3) is 0.438. The number of amides is 2. The van der Waals surface area contributed by atoms with Gasteiger partial charge in [-0.15, -0.1) is 0 Å². The van der Waals surface area contributed by atoms with Gasteiger partial charge in [-0.1, -0.05) is 31.4 Å². The van der Waals surface area contributed by atoms with E-state index in [2.05, 4.69) is 5.32 Å². The number of hydrogen-bond acceptors (Lipinski definition) is 2. The van der Waals surface area contributed by atoms with Gasteiger partial charge in [-0.3, -0.25) is 9.59 Å². The predicted molar refractivity (Wildman–Crippen MR) is 77.7 cm³/mol. The minimum atomic E-state index is -0.425. The van der Waals surface area contributed by atoms with Crippen LogP contribution in [0.1, 0.15) is 48.0 Å². The summed E-state index contributed by atoms with van der Waals surface area (Å²) in [6.45, 7) is 1.79. The second kappa shape index (κ2) is 7.08. The van der Waals surface area contributed by atoms with Gasteiger partial charge < -0.3 is 11.1 Å². The number of nitrogens with one attached hydrogen (secondary N) is 1. The third-order valence-corrected chi connectivity index (χ3v) is 3.80. The van der Waals surface area contributed by atoms with Crippen molar-refractivity contribution in [2.45, 2.75) is 38.5 Å². The molecule has 4 heteroatoms. The average molecular weight is 273 g/mol. The predicted octanol–water partition coefficient (Wildman–Crippen LogP) is 2.19. The summed E-state index contributed by atoms with van der Waals surface area (Å²) in [5.41, 5.74) is 6.72. The molecule has 1 saturated carbocycles. The van der Waals surface area contributed by atoms with Crippen molar-refractivity contribution in [1.29, 1.82) is 0 Å². The van der Waals surface area contributed by atoms with Gasteiger partial charge in [-0.2, -0.15) is 0 Å². The summed E-state index contributed by atoms with van der Waals surface area (Å²) < 4.78 is 0. The minimum absolute atomic E-state index is 0.137. The number of carbonyl (C=O) groups excluding carboxylic acids is 2. The number of hydrogen-bond donors (Lipinski definition) is 2. The SMILES string of the molecule is NC(=O)c1ccc(C[CH]NC(=O)C2CCCCC2)cc1. The molecule has 4 nitrogen and oxygen atoms in total. The van der Waals surface area contributed by atoms with Gasteiger partial charge in [0.25, 0.3) is 0 Å². The van der Waals surface area contributed by atoms with Crippen LogP contribution in [0.2, 0.25) is 0 Å². The lowest BCUT2D eigenvalue weighted by atomic mass is 9.88. The van der Waals surface area contributed by atoms with E-state index in [4.69, 9.17) is 5.73 Å². The lowest BCUT2D eigenvalue weighted by Crippen LogP contribution is -2.30. The van der Waals surface area contributed by atoms with Gasteiger partial charge in [-0.25, -0.2) is 0 Å². The zero-order valence-electron chi connectivity index (χ0n) is 11.6. The van der Waals surface area contributed by atoms with Gasteiger partial charge in [0.05, 0.1) is 6.54 Å². The Balaban J connectivity index is 1.74. The maximum atomic E-state index is 11.9. The molecule has 2 amide bonds. The third-order valence-electron chi connectivity index (χ3n) is 3.80. The zero-order chi connectivity index (χ0) is 14.4. The van der Waals surface area contributed by atoms with Gasteiger partial charge in [0.2, 0.25) is 11.8 Å². The molecular formula is C16H21N2O2. The number of nitrogens with two attached hydrogens (primary N) is 1. The Hall–Kier alpha value is -1.84. The van der Waals surface area contributed by atoms with E-state index in [1.807, 2.05) is 12.1 Å². The summed E-state index contributed by atoms with van der Waals surface area (Å²) in [4.78, 5) is 22.9. The summed E-state index contributed by atoms with van der Waals surface area (Å²) >= 11 is 0. The highest BCUT2D eigenvalue weighted by atomic mass is 16.2. The number of benzene rings is 1. The Labute approximate surface area is 119 Å². The van der Waals surface area contributed by atoms with Crippen LogP contribution in [0, 0.1) is 12.5 Å². The normalized spacial score (nSPS) is 15.8. The van der Waals surface area contributed by atoms with Crippen LogP contribution >= 0.6 is 0 Å². The smallest absolute Gasteiger partial charge is 0.248 e. The summed E-state index contributed by atoms with van der Waals surface area (Å²) in [5, 5.41) is 2.88. The van der Waals surface area contributed by atoms with E-state index in [0.29, 0.717) is 12.0 Å². The van der Waals surface area contributed by atoms with Crippen LogP contribution in [0.25, 0.3) is 0 Å². The largest absolute Gasteiger partial charge is 0.366 e. The summed E-state index contributed by atoms with van der Waals surface area (Å²) in [5.74, 6) is -0.109. The fourth-order valence-corrected chi connectivity index (χ4v) is 2.56. The molecule has 0 aliphatic heterocycles. The molecule has 1 aliphatic rings. The molecule has 1 fully saturated rings. The summed E-state index contributed by atoms with van der Waals surface area (Å²) in [7, 11) is 0. The first-order valence-corrected chi connectivity index (χ1v) is 7.17. The molecule has 3 N–H and O–H groups in total. The lowest BCUT2D eigenvalue weighted by Gasteiger charge is -2.20. The minimum Gasteiger partial charge on any atom is -0.366 e. The van der Waals surface area contributed by atoms with Gasteiger partial charge >= 0.3 is 0 Å². The molecular weight excluding hydrogens is 252 g/mol. The molecule has 107 valence electrons. The third kappa shape index (κ3) is 4.08. The van der Waals surface area contributed by atoms with Crippen molar-refractivity contribution < 1.29 is 9.59 Å². The highest BCUT2D eigenvalue weighted by molar-refractivity contribution is 5.92. The van der Waals surface area contributed by atoms with Gasteiger partial charge in [0.1, 0.15) is 0 Å². The van der Waals surface area contributed by atoms with Crippen LogP contribution in [-0.2, 0) is 11.2 Å². The molecule has 0 bridgehead atoms. The molecule has 2 rings (SSSR count). The number of primary amides is 1. The van der Waals surface area contributed by atoms with Gasteiger partial charge in [-0.05, 0) is 37.0 Å². The van der Waals surface area contributed by atoms with Crippen molar-refractivity contribution in [2.24, 2.45) is 11.7 Å². The van der Waals surface area contributed by atoms with E-state index in [-0.39, 0.29) is 11.8 Å². The molecule has 1 aromatic rings. The number of rotatable bonds is 5. The lowest BCUT2D eigenvalue weighted by molar-refractivity contribution is -0.125. The van der Waals surface area contributed by atoms with E-state index >= 15 is 0 Å². The van der Waals surface area contributed by atoms with E-state index in [0.717, 1.165) is 31.2 Å². The molecule has 0 unspecified atom stereocenters. The molecule has 0 heterocycles. The molecule has 0 spiro atoms. The van der Waals surface area contributed by atoms with Crippen LogP contribution in [0.4, 0.5) is 0 Å². The Morgan fingerprint density at radius 3 is 2.40 bits per heavy atom. The first kappa shape index (κ1) is 14.6. The zero-order valence-corrected chi connectivity index (χ0v) is 11.6. The first-order valence-electron chi connectivity index (χ1n) is 7.17. The van der Waals surface area contributed by atoms with Crippen molar-refractivity contribution in [3.63, 3.8) is 0 Å². The van der Waals surface area contributed by atoms with Crippen LogP contribution < -0.4 is 11.1 Å². The standard InChI is InChI=1S/C16H21N2O2/c17-15(19)13-8-6-12(7-9-13)10-11-18-16(20)14-4-2-1-3-5-14/h6-9,11,14H,1-5,10H2,(H2,17,19)(H,18,20). The van der Waals surface area contributed by atoms with Crippen molar-refractivity contribution >= 4 is 11.8 Å². The Morgan fingerprint density at radius 1 is 1.15 bits per heavy atom. The van der Waals surface area contributed by atoms with Crippen molar-refractivity contribution in [3.05, 3.63) is 41.9 Å². The van der Waals surface area contributed by atoms with E-state index in [1.54, 1.807) is 18.7 Å². The molecule has 0 atom stereocenters. The topological polar surface area (TPSA) is 72.2 Å². The summed E-state index contributed by atoms with van der Waals surface area (Å²) in [6, 6.07) is 7.11. The monoisotopic (exact) mass is 273 g/mol. The average Bonchev–Trinajstić information content (AvgIpc) is 2.48. The van der Waals surface area contributed by atoms with Crippen LogP contribution in [0.15, 0.2) is 24.3 Å². The van der Waals surface area contributed by atoms with E-state index in [9.17, 15) is 9.59 Å². The molecule has 1 radical (unpaired) electrons. The Bertz CT molecular complexity index is 462. The second-order valence-electron chi connectivity index (χ2n) is 5.31. The number of carbonyl (C=O) groups is 2. The van der Waals surface area contributed by atoms with Crippen molar-refractivity contribution in [1.82, 2.24) is 5.32 Å². The van der Waals surface area contributed by atoms with Gasteiger partial charge in [0, 0.05) is 11.5 Å². The van der Waals surface area contributed by atoms with Crippen LogP contribution in [-0.4, -0.2) is 11.8 Å². The molecule has 20 heavy (non-hydrogen) atoms. The highest BCUT2D eigenvalue weighted by Gasteiger charge is 2.20. The maximum Gasteiger partial charge on any atom is 0.248 e. The Kier molecular flexibility index (Phi) is 5.16. The summed E-state index contributed by atoms with van der Waals surface area (Å²) in [6.07, 6.45) is 6.23. The molecule has 1 aromatic carbocycles. The Morgan fingerprint density at radius 2 is 1.80 bits per heavy atom. The highest BCUT2D eigenvalue weighted by Crippen LogP contribution is 2.23. The quantitative estimate of drug-likeness (QED) is 0.863. The molecule has 1 aliphatic carbocycles. The van der Waals surface area contributed by atoms with Crippen molar-refractivity contribution in [3.8, 4) is 0 Å². The van der Waals surface area contributed by atoms with Crippen LogP contribution in [0.5, 0.6) is 0 Å². The maximum absolute atomic E-state index is 11.9. The van der Waals surface area contributed by atoms with Gasteiger partial charge in [0.15, 0.2) is 0 Å². The molecule has 0 aromatic heterocycles.